The molecule has 0 atom stereocenters. The summed E-state index contributed by atoms with van der Waals surface area (Å²) in [7, 11) is 0. The summed E-state index contributed by atoms with van der Waals surface area (Å²) in [5.74, 6) is 0. The number of unbranched alkanes of at least 4 members (excludes halogenated alkanes) is 12. The summed E-state index contributed by atoms with van der Waals surface area (Å²) in [6, 6.07) is 0. The predicted molar refractivity (Wildman–Crippen MR) is 105 cm³/mol. The lowest BCUT2D eigenvalue weighted by Crippen LogP contribution is -2.28. The van der Waals surface area contributed by atoms with Crippen LogP contribution in [-0.4, -0.2) is 26.2 Å². The van der Waals surface area contributed by atoms with Gasteiger partial charge in [0.2, 0.25) is 0 Å². The van der Waals surface area contributed by atoms with Gasteiger partial charge in [-0.25, -0.2) is 0 Å². The number of allylic oxidation sites excluding steroid dienone is 1. The van der Waals surface area contributed by atoms with Crippen LogP contribution >= 0.6 is 0 Å². The predicted octanol–water partition coefficient (Wildman–Crippen LogP) is 4.73. The quantitative estimate of drug-likeness (QED) is 0.301. The zero-order valence-electron chi connectivity index (χ0n) is 15.8. The maximum atomic E-state index is 5.41. The van der Waals surface area contributed by atoms with Crippen molar-refractivity contribution in [2.75, 3.05) is 26.2 Å². The van der Waals surface area contributed by atoms with Crippen LogP contribution in [0.25, 0.3) is 0 Å². The van der Waals surface area contributed by atoms with Crippen molar-refractivity contribution >= 4 is 0 Å². The fourth-order valence-corrected chi connectivity index (χ4v) is 2.74. The number of hydrogen-bond donors (Lipinski definition) is 3. The van der Waals surface area contributed by atoms with Crippen LogP contribution in [0.3, 0.4) is 0 Å². The third kappa shape index (κ3) is 21.5. The van der Waals surface area contributed by atoms with Crippen molar-refractivity contribution in [3.8, 4) is 0 Å². The molecule has 0 aromatic heterocycles. The Bertz CT molecular complexity index is 229. The van der Waals surface area contributed by atoms with E-state index in [0.717, 1.165) is 26.2 Å². The lowest BCUT2D eigenvalue weighted by molar-refractivity contribution is 0.545. The first-order chi connectivity index (χ1) is 11.4. The molecule has 0 radical (unpaired) electrons. The van der Waals surface area contributed by atoms with E-state index < -0.39 is 0 Å². The molecule has 0 unspecified atom stereocenters. The van der Waals surface area contributed by atoms with Gasteiger partial charge in [-0.15, -0.1) is 0 Å². The second-order valence-corrected chi connectivity index (χ2v) is 6.57. The topological polar surface area (TPSA) is 50.1 Å². The van der Waals surface area contributed by atoms with Crippen molar-refractivity contribution in [3.63, 3.8) is 0 Å². The highest BCUT2D eigenvalue weighted by Crippen LogP contribution is 2.12. The second-order valence-electron chi connectivity index (χ2n) is 6.57. The third-order valence-corrected chi connectivity index (χ3v) is 4.23. The van der Waals surface area contributed by atoms with Gasteiger partial charge < -0.3 is 16.4 Å². The summed E-state index contributed by atoms with van der Waals surface area (Å²) in [6.07, 6.45) is 22.6. The normalized spacial score (nSPS) is 11.4. The van der Waals surface area contributed by atoms with Gasteiger partial charge in [-0.3, -0.25) is 0 Å². The van der Waals surface area contributed by atoms with E-state index in [-0.39, 0.29) is 0 Å². The van der Waals surface area contributed by atoms with E-state index in [9.17, 15) is 0 Å². The molecule has 0 bridgehead atoms. The van der Waals surface area contributed by atoms with Crippen LogP contribution in [0.1, 0.15) is 90.4 Å². The molecule has 0 amide bonds. The molecule has 0 saturated carbocycles. The summed E-state index contributed by atoms with van der Waals surface area (Å²) in [5, 5.41) is 6.57. The van der Waals surface area contributed by atoms with E-state index in [0.29, 0.717) is 0 Å². The highest BCUT2D eigenvalue weighted by molar-refractivity contribution is 4.79. The number of rotatable bonds is 19. The Morgan fingerprint density at radius 1 is 0.696 bits per heavy atom. The molecule has 0 rings (SSSR count). The van der Waals surface area contributed by atoms with Crippen molar-refractivity contribution < 1.29 is 0 Å². The molecule has 0 aliphatic carbocycles. The molecule has 138 valence electrons. The largest absolute Gasteiger partial charge is 0.390 e. The minimum atomic E-state index is 0.717. The van der Waals surface area contributed by atoms with E-state index >= 15 is 0 Å². The van der Waals surface area contributed by atoms with Gasteiger partial charge in [0.25, 0.3) is 0 Å². The van der Waals surface area contributed by atoms with E-state index in [1.54, 1.807) is 0 Å². The molecule has 0 fully saturated rings. The average molecular weight is 326 g/mol. The van der Waals surface area contributed by atoms with Crippen LogP contribution in [0, 0.1) is 0 Å². The molecule has 3 heteroatoms. The fraction of sp³-hybridized carbons (Fsp3) is 0.900. The lowest BCUT2D eigenvalue weighted by Gasteiger charge is -2.03. The Balaban J connectivity index is 3.02. The van der Waals surface area contributed by atoms with Gasteiger partial charge in [0.15, 0.2) is 0 Å². The third-order valence-electron chi connectivity index (χ3n) is 4.23. The molecule has 0 aromatic carbocycles. The first-order valence-corrected chi connectivity index (χ1v) is 10.2. The molecule has 23 heavy (non-hydrogen) atoms. The Morgan fingerprint density at radius 2 is 1.26 bits per heavy atom. The van der Waals surface area contributed by atoms with Gasteiger partial charge in [0.1, 0.15) is 0 Å². The summed E-state index contributed by atoms with van der Waals surface area (Å²) >= 11 is 0. The summed E-state index contributed by atoms with van der Waals surface area (Å²) < 4.78 is 0. The van der Waals surface area contributed by atoms with Crippen molar-refractivity contribution in [1.82, 2.24) is 10.6 Å². The smallest absolute Gasteiger partial charge is 0.0266 e. The van der Waals surface area contributed by atoms with Crippen LogP contribution in [0.2, 0.25) is 0 Å². The van der Waals surface area contributed by atoms with E-state index in [4.69, 9.17) is 5.73 Å². The minimum absolute atomic E-state index is 0.717. The Hall–Kier alpha value is -0.540. The van der Waals surface area contributed by atoms with Crippen LogP contribution in [0.15, 0.2) is 12.3 Å². The Labute approximate surface area is 145 Å². The minimum Gasteiger partial charge on any atom is -0.390 e. The second kappa shape index (κ2) is 21.5. The highest BCUT2D eigenvalue weighted by atomic mass is 14.9. The molecular weight excluding hydrogens is 282 g/mol. The number of nitrogens with two attached hydrogens (primary N) is 1. The number of hydrogen-bond acceptors (Lipinski definition) is 3. The van der Waals surface area contributed by atoms with Crippen LogP contribution in [0.5, 0.6) is 0 Å². The van der Waals surface area contributed by atoms with Crippen molar-refractivity contribution in [2.45, 2.75) is 90.4 Å². The molecule has 0 aliphatic rings. The molecule has 0 aliphatic heterocycles. The lowest BCUT2D eigenvalue weighted by atomic mass is 10.0. The van der Waals surface area contributed by atoms with Gasteiger partial charge in [-0.2, -0.15) is 0 Å². The first-order valence-electron chi connectivity index (χ1n) is 10.2. The van der Waals surface area contributed by atoms with Gasteiger partial charge in [-0.1, -0.05) is 83.6 Å². The van der Waals surface area contributed by atoms with Crippen LogP contribution in [0.4, 0.5) is 0 Å². The van der Waals surface area contributed by atoms with E-state index in [1.807, 2.05) is 0 Å². The standard InChI is InChI=1S/C20H43N3/c1-2-3-4-5-6-7-8-9-10-11-12-13-14-15-17-22-19-20-23-18-16-21/h15,17,22-23H,2-14,16,18-21H2,1H3. The highest BCUT2D eigenvalue weighted by Gasteiger charge is 1.93. The Morgan fingerprint density at radius 3 is 1.83 bits per heavy atom. The summed E-state index contributed by atoms with van der Waals surface area (Å²) in [5.41, 5.74) is 5.41. The zero-order valence-corrected chi connectivity index (χ0v) is 15.8. The molecule has 0 heterocycles. The van der Waals surface area contributed by atoms with Gasteiger partial charge in [-0.05, 0) is 19.0 Å². The zero-order chi connectivity index (χ0) is 16.8. The average Bonchev–Trinajstić information content (AvgIpc) is 2.57. The van der Waals surface area contributed by atoms with Gasteiger partial charge >= 0.3 is 0 Å². The Kier molecular flexibility index (Phi) is 21.0. The molecule has 4 N–H and O–H groups in total. The molecule has 0 aromatic rings. The number of nitrogens with one attached hydrogen (secondary N) is 2. The van der Waals surface area contributed by atoms with Crippen LogP contribution in [-0.2, 0) is 0 Å². The van der Waals surface area contributed by atoms with Gasteiger partial charge in [0.05, 0.1) is 0 Å². The van der Waals surface area contributed by atoms with Crippen LogP contribution < -0.4 is 16.4 Å². The summed E-state index contributed by atoms with van der Waals surface area (Å²) in [6.45, 7) is 5.88. The SMILES string of the molecule is CCCCCCCCCCCCCCC=CNCCNCCN. The molecular formula is C20H43N3. The van der Waals surface area contributed by atoms with E-state index in [2.05, 4.69) is 29.8 Å². The summed E-state index contributed by atoms with van der Waals surface area (Å²) in [4.78, 5) is 0. The van der Waals surface area contributed by atoms with Crippen molar-refractivity contribution in [2.24, 2.45) is 5.73 Å². The first kappa shape index (κ1) is 22.5. The monoisotopic (exact) mass is 325 g/mol. The van der Waals surface area contributed by atoms with Crippen molar-refractivity contribution in [1.29, 1.82) is 0 Å². The van der Waals surface area contributed by atoms with E-state index in [1.165, 1.54) is 83.5 Å². The molecule has 0 spiro atoms. The van der Waals surface area contributed by atoms with Gasteiger partial charge in [0, 0.05) is 26.2 Å². The van der Waals surface area contributed by atoms with Crippen molar-refractivity contribution in [3.05, 3.63) is 12.3 Å². The molecule has 0 saturated heterocycles. The fourth-order valence-electron chi connectivity index (χ4n) is 2.74. The maximum Gasteiger partial charge on any atom is 0.0266 e. The molecule has 3 nitrogen and oxygen atoms in total. The maximum absolute atomic E-state index is 5.41.